The first kappa shape index (κ1) is 16.3. The summed E-state index contributed by atoms with van der Waals surface area (Å²) in [6.07, 6.45) is 2.61. The summed E-state index contributed by atoms with van der Waals surface area (Å²) in [4.78, 5) is 12.1. The molecule has 5 nitrogen and oxygen atoms in total. The van der Waals surface area contributed by atoms with E-state index in [4.69, 9.17) is 5.14 Å². The highest BCUT2D eigenvalue weighted by Crippen LogP contribution is 2.27. The number of hydrogen-bond acceptors (Lipinski definition) is 4. The standard InChI is InChI=1S/C14H20N2O3S2/c1-10-12(3-2-4-13(10)21(15,18)19)16-14(17)9-11-5-7-20-8-6-11/h2-4,11H,5-9H2,1H3,(H,16,17)(H2,15,18,19). The molecule has 1 saturated heterocycles. The van der Waals surface area contributed by atoms with Gasteiger partial charge in [0.25, 0.3) is 0 Å². The average Bonchev–Trinajstić information content (AvgIpc) is 2.41. The zero-order valence-corrected chi connectivity index (χ0v) is 13.6. The molecule has 0 aromatic heterocycles. The minimum absolute atomic E-state index is 0.0503. The van der Waals surface area contributed by atoms with Crippen LogP contribution in [-0.4, -0.2) is 25.8 Å². The van der Waals surface area contributed by atoms with Crippen molar-refractivity contribution in [1.29, 1.82) is 0 Å². The lowest BCUT2D eigenvalue weighted by molar-refractivity contribution is -0.117. The number of nitrogens with two attached hydrogens (primary N) is 1. The molecule has 116 valence electrons. The lowest BCUT2D eigenvalue weighted by Gasteiger charge is -2.21. The number of rotatable bonds is 4. The molecular weight excluding hydrogens is 308 g/mol. The summed E-state index contributed by atoms with van der Waals surface area (Å²) in [7, 11) is -3.77. The maximum Gasteiger partial charge on any atom is 0.238 e. The second kappa shape index (κ2) is 6.81. The van der Waals surface area contributed by atoms with Gasteiger partial charge in [-0.1, -0.05) is 6.07 Å². The van der Waals surface area contributed by atoms with Crippen molar-refractivity contribution >= 4 is 33.4 Å². The number of carbonyl (C=O) groups excluding carboxylic acids is 1. The van der Waals surface area contributed by atoms with Crippen molar-refractivity contribution in [2.45, 2.75) is 31.1 Å². The SMILES string of the molecule is Cc1c(NC(=O)CC2CCSCC2)cccc1S(N)(=O)=O. The molecule has 1 aliphatic heterocycles. The number of primary sulfonamides is 1. The molecule has 0 spiro atoms. The van der Waals surface area contributed by atoms with Gasteiger partial charge in [-0.25, -0.2) is 13.6 Å². The van der Waals surface area contributed by atoms with Crippen LogP contribution in [0.25, 0.3) is 0 Å². The molecule has 2 rings (SSSR count). The molecule has 1 aromatic rings. The molecule has 0 aliphatic carbocycles. The Morgan fingerprint density at radius 1 is 1.38 bits per heavy atom. The molecule has 0 bridgehead atoms. The second-order valence-corrected chi connectivity index (χ2v) is 8.04. The van der Waals surface area contributed by atoms with E-state index in [0.29, 0.717) is 23.6 Å². The van der Waals surface area contributed by atoms with Gasteiger partial charge < -0.3 is 5.32 Å². The van der Waals surface area contributed by atoms with Crippen LogP contribution in [0.5, 0.6) is 0 Å². The van der Waals surface area contributed by atoms with Gasteiger partial charge in [0.15, 0.2) is 0 Å². The molecule has 1 fully saturated rings. The first-order valence-electron chi connectivity index (χ1n) is 6.88. The normalized spacial score (nSPS) is 16.7. The highest BCUT2D eigenvalue weighted by molar-refractivity contribution is 7.99. The fourth-order valence-corrected chi connectivity index (χ4v) is 4.48. The summed E-state index contributed by atoms with van der Waals surface area (Å²) in [5, 5.41) is 7.97. The predicted molar refractivity (Wildman–Crippen MR) is 85.8 cm³/mol. The lowest BCUT2D eigenvalue weighted by Crippen LogP contribution is -2.21. The van der Waals surface area contributed by atoms with Crippen LogP contribution < -0.4 is 10.5 Å². The average molecular weight is 328 g/mol. The van der Waals surface area contributed by atoms with Gasteiger partial charge in [-0.15, -0.1) is 0 Å². The van der Waals surface area contributed by atoms with Crippen LogP contribution in [0.4, 0.5) is 5.69 Å². The van der Waals surface area contributed by atoms with Gasteiger partial charge >= 0.3 is 0 Å². The molecule has 7 heteroatoms. The third-order valence-electron chi connectivity index (χ3n) is 3.68. The van der Waals surface area contributed by atoms with E-state index in [1.807, 2.05) is 11.8 Å². The zero-order valence-electron chi connectivity index (χ0n) is 12.0. The maximum absolute atomic E-state index is 12.1. The number of nitrogens with one attached hydrogen (secondary N) is 1. The molecule has 21 heavy (non-hydrogen) atoms. The minimum Gasteiger partial charge on any atom is -0.326 e. The Labute approximate surface area is 129 Å². The maximum atomic E-state index is 12.1. The fourth-order valence-electron chi connectivity index (χ4n) is 2.47. The Hall–Kier alpha value is -1.05. The van der Waals surface area contributed by atoms with E-state index in [-0.39, 0.29) is 10.8 Å². The Morgan fingerprint density at radius 3 is 2.67 bits per heavy atom. The highest BCUT2D eigenvalue weighted by Gasteiger charge is 2.19. The predicted octanol–water partition coefficient (Wildman–Crippen LogP) is 2.11. The number of thioether (sulfide) groups is 1. The number of hydrogen-bond donors (Lipinski definition) is 2. The zero-order chi connectivity index (χ0) is 15.5. The van der Waals surface area contributed by atoms with Gasteiger partial charge in [-0.05, 0) is 54.9 Å². The Morgan fingerprint density at radius 2 is 2.05 bits per heavy atom. The number of sulfonamides is 1. The van der Waals surface area contributed by atoms with Crippen molar-refractivity contribution in [1.82, 2.24) is 0 Å². The van der Waals surface area contributed by atoms with Crippen molar-refractivity contribution in [3.8, 4) is 0 Å². The van der Waals surface area contributed by atoms with E-state index < -0.39 is 10.0 Å². The van der Waals surface area contributed by atoms with Crippen molar-refractivity contribution in [2.24, 2.45) is 11.1 Å². The van der Waals surface area contributed by atoms with E-state index in [2.05, 4.69) is 5.32 Å². The van der Waals surface area contributed by atoms with Crippen LogP contribution >= 0.6 is 11.8 Å². The Kier molecular flexibility index (Phi) is 5.29. The molecule has 1 heterocycles. The molecular formula is C14H20N2O3S2. The van der Waals surface area contributed by atoms with E-state index in [1.165, 1.54) is 6.07 Å². The fraction of sp³-hybridized carbons (Fsp3) is 0.500. The summed E-state index contributed by atoms with van der Waals surface area (Å²) in [6.45, 7) is 1.65. The molecule has 0 unspecified atom stereocenters. The Bertz CT molecular complexity index is 623. The van der Waals surface area contributed by atoms with E-state index >= 15 is 0 Å². The van der Waals surface area contributed by atoms with Crippen molar-refractivity contribution in [2.75, 3.05) is 16.8 Å². The molecule has 1 amide bonds. The van der Waals surface area contributed by atoms with Crippen molar-refractivity contribution < 1.29 is 13.2 Å². The minimum atomic E-state index is -3.77. The largest absolute Gasteiger partial charge is 0.326 e. The molecule has 3 N–H and O–H groups in total. The van der Waals surface area contributed by atoms with Crippen LogP contribution in [0.15, 0.2) is 23.1 Å². The van der Waals surface area contributed by atoms with Crippen molar-refractivity contribution in [3.05, 3.63) is 23.8 Å². The second-order valence-electron chi connectivity index (χ2n) is 5.28. The number of benzene rings is 1. The molecule has 0 radical (unpaired) electrons. The van der Waals surface area contributed by atoms with Crippen molar-refractivity contribution in [3.63, 3.8) is 0 Å². The van der Waals surface area contributed by atoms with Gasteiger partial charge in [0.05, 0.1) is 4.90 Å². The summed E-state index contributed by atoms with van der Waals surface area (Å²) in [6, 6.07) is 4.72. The van der Waals surface area contributed by atoms with Crippen LogP contribution in [0.2, 0.25) is 0 Å². The quantitative estimate of drug-likeness (QED) is 0.886. The number of amides is 1. The highest BCUT2D eigenvalue weighted by atomic mass is 32.2. The summed E-state index contributed by atoms with van der Waals surface area (Å²) < 4.78 is 22.9. The van der Waals surface area contributed by atoms with E-state index in [0.717, 1.165) is 24.3 Å². The van der Waals surface area contributed by atoms with E-state index in [1.54, 1.807) is 19.1 Å². The smallest absolute Gasteiger partial charge is 0.238 e. The van der Waals surface area contributed by atoms with Gasteiger partial charge in [-0.2, -0.15) is 11.8 Å². The first-order chi connectivity index (χ1) is 9.88. The molecule has 1 aliphatic rings. The summed E-state index contributed by atoms with van der Waals surface area (Å²) in [5.41, 5.74) is 0.990. The summed E-state index contributed by atoms with van der Waals surface area (Å²) in [5.74, 6) is 2.57. The van der Waals surface area contributed by atoms with Gasteiger partial charge in [-0.3, -0.25) is 4.79 Å². The van der Waals surface area contributed by atoms with Crippen LogP contribution in [0, 0.1) is 12.8 Å². The molecule has 0 saturated carbocycles. The van der Waals surface area contributed by atoms with Gasteiger partial charge in [0.1, 0.15) is 0 Å². The van der Waals surface area contributed by atoms with Gasteiger partial charge in [0.2, 0.25) is 15.9 Å². The van der Waals surface area contributed by atoms with Gasteiger partial charge in [0, 0.05) is 12.1 Å². The molecule has 1 aromatic carbocycles. The van der Waals surface area contributed by atoms with E-state index in [9.17, 15) is 13.2 Å². The number of carbonyl (C=O) groups is 1. The van der Waals surface area contributed by atoms with Crippen LogP contribution in [0.3, 0.4) is 0 Å². The first-order valence-corrected chi connectivity index (χ1v) is 9.58. The number of anilines is 1. The topological polar surface area (TPSA) is 89.3 Å². The molecule has 0 atom stereocenters. The van der Waals surface area contributed by atoms with Crippen LogP contribution in [-0.2, 0) is 14.8 Å². The Balaban J connectivity index is 2.07. The third-order valence-corrected chi connectivity index (χ3v) is 5.78. The lowest BCUT2D eigenvalue weighted by atomic mass is 9.98. The third kappa shape index (κ3) is 4.46. The summed E-state index contributed by atoms with van der Waals surface area (Å²) >= 11 is 1.92. The van der Waals surface area contributed by atoms with Crippen LogP contribution in [0.1, 0.15) is 24.8 Å². The monoisotopic (exact) mass is 328 g/mol.